The van der Waals surface area contributed by atoms with Gasteiger partial charge in [0, 0.05) is 0 Å². The van der Waals surface area contributed by atoms with E-state index in [2.05, 4.69) is 24.0 Å². The molecule has 32 heavy (non-hydrogen) atoms. The van der Waals surface area contributed by atoms with Gasteiger partial charge in [0.15, 0.2) is 0 Å². The summed E-state index contributed by atoms with van der Waals surface area (Å²) in [5, 5.41) is 0. The van der Waals surface area contributed by atoms with Gasteiger partial charge >= 0.3 is 11.9 Å². The van der Waals surface area contributed by atoms with Gasteiger partial charge in [0.05, 0.1) is 5.92 Å². The monoisotopic (exact) mass is 454 g/mol. The van der Waals surface area contributed by atoms with Crippen molar-refractivity contribution in [2.75, 3.05) is 6.54 Å². The number of unbranched alkanes of at least 4 members (excludes halogenated alkanes) is 11. The summed E-state index contributed by atoms with van der Waals surface area (Å²) in [6, 6.07) is -0.783. The first-order valence-electron chi connectivity index (χ1n) is 13.1. The molecule has 0 amide bonds. The van der Waals surface area contributed by atoms with Crippen LogP contribution < -0.4 is 11.5 Å². The minimum atomic E-state index is -0.783. The minimum Gasteiger partial charge on any atom is -0.330 e. The Balaban J connectivity index is 3.74. The molecule has 188 valence electrons. The number of nitrogens with two attached hydrogens (primary N) is 2. The Kier molecular flexibility index (Phi) is 21.8. The first kappa shape index (κ1) is 30.6. The van der Waals surface area contributed by atoms with Crippen LogP contribution >= 0.6 is 0 Å². The summed E-state index contributed by atoms with van der Waals surface area (Å²) in [6.07, 6.45) is 22.9. The van der Waals surface area contributed by atoms with Gasteiger partial charge in [0.1, 0.15) is 6.04 Å². The van der Waals surface area contributed by atoms with Crippen molar-refractivity contribution in [2.45, 2.75) is 129 Å². The van der Waals surface area contributed by atoms with Crippen LogP contribution in [0.3, 0.4) is 0 Å². The first-order chi connectivity index (χ1) is 15.6. The molecule has 0 aliphatic carbocycles. The summed E-state index contributed by atoms with van der Waals surface area (Å²) in [6.45, 7) is 4.76. The molecule has 6 nitrogen and oxygen atoms in total. The Bertz CT molecular complexity index is 482. The number of carbonyl (C=O) groups excluding carboxylic acids is 2. The van der Waals surface area contributed by atoms with Crippen LogP contribution in [0.5, 0.6) is 0 Å². The molecule has 0 fully saturated rings. The van der Waals surface area contributed by atoms with Gasteiger partial charge < -0.3 is 11.5 Å². The van der Waals surface area contributed by atoms with Gasteiger partial charge in [-0.05, 0) is 57.9 Å². The van der Waals surface area contributed by atoms with Crippen LogP contribution in [0.2, 0.25) is 0 Å². The molecule has 2 atom stereocenters. The number of allylic oxidation sites excluding steroid dienone is 2. The molecule has 0 radical (unpaired) electrons. The van der Waals surface area contributed by atoms with Gasteiger partial charge in [-0.2, -0.15) is 0 Å². The number of carbonyl (C=O) groups is 2. The Morgan fingerprint density at radius 3 is 1.84 bits per heavy atom. The molecule has 0 rings (SSSR count). The summed E-state index contributed by atoms with van der Waals surface area (Å²) in [5.41, 5.74) is 11.2. The third kappa shape index (κ3) is 18.2. The van der Waals surface area contributed by atoms with Crippen molar-refractivity contribution in [3.05, 3.63) is 12.2 Å². The fourth-order valence-corrected chi connectivity index (χ4v) is 3.61. The first-order valence-corrected chi connectivity index (χ1v) is 13.1. The Labute approximate surface area is 196 Å². The molecule has 2 unspecified atom stereocenters. The number of hydrogen-bond acceptors (Lipinski definition) is 6. The van der Waals surface area contributed by atoms with Crippen LogP contribution in [0, 0.1) is 5.92 Å². The summed E-state index contributed by atoms with van der Waals surface area (Å²) in [4.78, 5) is 33.4. The highest BCUT2D eigenvalue weighted by atomic mass is 17.2. The highest BCUT2D eigenvalue weighted by molar-refractivity contribution is 5.77. The average molecular weight is 455 g/mol. The lowest BCUT2D eigenvalue weighted by molar-refractivity contribution is -0.263. The third-order valence-electron chi connectivity index (χ3n) is 5.87. The zero-order chi connectivity index (χ0) is 23.9. The molecule has 0 saturated heterocycles. The fourth-order valence-electron chi connectivity index (χ4n) is 3.61. The van der Waals surface area contributed by atoms with Crippen LogP contribution in [-0.4, -0.2) is 24.5 Å². The van der Waals surface area contributed by atoms with E-state index in [0.717, 1.165) is 38.5 Å². The van der Waals surface area contributed by atoms with Crippen LogP contribution in [-0.2, 0) is 19.4 Å². The Hall–Kier alpha value is -1.40. The molecule has 0 aliphatic rings. The maximum Gasteiger partial charge on any atom is 0.372 e. The molecule has 4 N–H and O–H groups in total. The summed E-state index contributed by atoms with van der Waals surface area (Å²) >= 11 is 0. The van der Waals surface area contributed by atoms with Gasteiger partial charge in [0.2, 0.25) is 0 Å². The maximum atomic E-state index is 12.2. The molecule has 0 aromatic rings. The zero-order valence-electron chi connectivity index (χ0n) is 20.8. The van der Waals surface area contributed by atoms with E-state index >= 15 is 0 Å². The predicted molar refractivity (Wildman–Crippen MR) is 132 cm³/mol. The van der Waals surface area contributed by atoms with Crippen LogP contribution in [0.4, 0.5) is 0 Å². The lowest BCUT2D eigenvalue weighted by atomic mass is 9.98. The quantitative estimate of drug-likeness (QED) is 0.0937. The third-order valence-corrected chi connectivity index (χ3v) is 5.87. The van der Waals surface area contributed by atoms with Crippen molar-refractivity contribution in [3.8, 4) is 0 Å². The van der Waals surface area contributed by atoms with Crippen molar-refractivity contribution >= 4 is 11.9 Å². The molecular weight excluding hydrogens is 404 g/mol. The second kappa shape index (κ2) is 22.8. The van der Waals surface area contributed by atoms with E-state index in [0.29, 0.717) is 19.4 Å². The van der Waals surface area contributed by atoms with Crippen molar-refractivity contribution < 1.29 is 19.4 Å². The minimum absolute atomic E-state index is 0.242. The van der Waals surface area contributed by atoms with E-state index in [9.17, 15) is 9.59 Å². The second-order valence-electron chi connectivity index (χ2n) is 8.82. The smallest absolute Gasteiger partial charge is 0.330 e. The molecule has 0 spiro atoms. The van der Waals surface area contributed by atoms with E-state index < -0.39 is 18.0 Å². The average Bonchev–Trinajstić information content (AvgIpc) is 2.80. The predicted octanol–water partition coefficient (Wildman–Crippen LogP) is 6.12. The number of hydrogen-bond donors (Lipinski definition) is 2. The largest absolute Gasteiger partial charge is 0.372 e. The zero-order valence-corrected chi connectivity index (χ0v) is 20.8. The van der Waals surface area contributed by atoms with Crippen molar-refractivity contribution in [1.82, 2.24) is 0 Å². The lowest BCUT2D eigenvalue weighted by Crippen LogP contribution is -2.33. The van der Waals surface area contributed by atoms with E-state index in [4.69, 9.17) is 16.4 Å². The molecule has 0 aromatic heterocycles. The fraction of sp³-hybridized carbons (Fsp3) is 0.846. The van der Waals surface area contributed by atoms with Gasteiger partial charge in [-0.3, -0.25) is 0 Å². The molecule has 0 heterocycles. The van der Waals surface area contributed by atoms with Crippen molar-refractivity contribution in [3.63, 3.8) is 0 Å². The topological polar surface area (TPSA) is 105 Å². The lowest BCUT2D eigenvalue weighted by Gasteiger charge is -2.14. The van der Waals surface area contributed by atoms with Gasteiger partial charge in [0.25, 0.3) is 0 Å². The molecular formula is C26H50N2O4. The number of rotatable bonds is 21. The second-order valence-corrected chi connectivity index (χ2v) is 8.82. The maximum absolute atomic E-state index is 12.2. The summed E-state index contributed by atoms with van der Waals surface area (Å²) in [7, 11) is 0. The van der Waals surface area contributed by atoms with E-state index in [1.54, 1.807) is 0 Å². The van der Waals surface area contributed by atoms with Crippen LogP contribution in [0.1, 0.15) is 123 Å². The molecule has 6 heteroatoms. The van der Waals surface area contributed by atoms with Crippen molar-refractivity contribution in [1.29, 1.82) is 0 Å². The Morgan fingerprint density at radius 1 is 0.719 bits per heavy atom. The highest BCUT2D eigenvalue weighted by Gasteiger charge is 2.22. The van der Waals surface area contributed by atoms with Crippen LogP contribution in [0.25, 0.3) is 0 Å². The van der Waals surface area contributed by atoms with E-state index in [-0.39, 0.29) is 5.92 Å². The summed E-state index contributed by atoms with van der Waals surface area (Å²) < 4.78 is 0. The molecule has 0 bridgehead atoms. The standard InChI is InChI=1S/C26H50N2O4/c1-3-5-6-7-8-9-10-11-12-13-14-15-16-17-20-23(4-2)25(29)31-32-26(30)24(28)21-18-19-22-27/h11-12,23-24H,3-10,13-22,27-28H2,1-2H3/b12-11-. The van der Waals surface area contributed by atoms with Crippen molar-refractivity contribution in [2.24, 2.45) is 17.4 Å². The van der Waals surface area contributed by atoms with Gasteiger partial charge in [-0.25, -0.2) is 19.4 Å². The molecule has 0 aliphatic heterocycles. The molecule has 0 aromatic carbocycles. The van der Waals surface area contributed by atoms with Gasteiger partial charge in [-0.1, -0.05) is 83.8 Å². The van der Waals surface area contributed by atoms with E-state index in [1.165, 1.54) is 57.8 Å². The molecule has 0 saturated carbocycles. The summed E-state index contributed by atoms with van der Waals surface area (Å²) in [5.74, 6) is -1.42. The van der Waals surface area contributed by atoms with E-state index in [1.807, 2.05) is 6.92 Å². The highest BCUT2D eigenvalue weighted by Crippen LogP contribution is 2.17. The Morgan fingerprint density at radius 2 is 1.25 bits per heavy atom. The normalized spacial score (nSPS) is 13.2. The van der Waals surface area contributed by atoms with Gasteiger partial charge in [-0.15, -0.1) is 0 Å². The SMILES string of the molecule is CCCCCCCC/C=C\CCCCCCC(CC)C(=O)OOC(=O)C(N)CCCCN. The van der Waals surface area contributed by atoms with Crippen LogP contribution in [0.15, 0.2) is 12.2 Å².